The number of carboxylic acids is 1. The number of ether oxygens (including phenoxy) is 1. The fourth-order valence-electron chi connectivity index (χ4n) is 5.06. The Labute approximate surface area is 164 Å². The molecule has 2 aromatic rings. The van der Waals surface area contributed by atoms with Crippen molar-refractivity contribution in [2.45, 2.75) is 64.0 Å². The summed E-state index contributed by atoms with van der Waals surface area (Å²) in [6.07, 6.45) is 6.56. The second-order valence-corrected chi connectivity index (χ2v) is 8.17. The van der Waals surface area contributed by atoms with Crippen LogP contribution in [0.25, 0.3) is 10.9 Å². The molecule has 1 aromatic heterocycles. The van der Waals surface area contributed by atoms with Crippen LogP contribution >= 0.6 is 0 Å². The van der Waals surface area contributed by atoms with Crippen molar-refractivity contribution in [1.29, 1.82) is 0 Å². The summed E-state index contributed by atoms with van der Waals surface area (Å²) in [5, 5.41) is 13.2. The van der Waals surface area contributed by atoms with E-state index < -0.39 is 5.97 Å². The highest BCUT2D eigenvalue weighted by Gasteiger charge is 2.32. The predicted octanol–water partition coefficient (Wildman–Crippen LogP) is 4.06. The van der Waals surface area contributed by atoms with Crippen LogP contribution in [0.5, 0.6) is 5.75 Å². The van der Waals surface area contributed by atoms with Gasteiger partial charge in [0.15, 0.2) is 0 Å². The molecular formula is C22H28N2O4. The Morgan fingerprint density at radius 2 is 1.93 bits per heavy atom. The van der Waals surface area contributed by atoms with E-state index in [4.69, 9.17) is 4.74 Å². The zero-order valence-electron chi connectivity index (χ0n) is 16.5. The molecular weight excluding hydrogens is 356 g/mol. The van der Waals surface area contributed by atoms with Crippen LogP contribution < -0.4 is 10.1 Å². The number of nitrogens with zero attached hydrogens (tertiary/aromatic N) is 1. The fourth-order valence-corrected chi connectivity index (χ4v) is 5.06. The molecule has 150 valence electrons. The van der Waals surface area contributed by atoms with E-state index in [-0.39, 0.29) is 17.9 Å². The van der Waals surface area contributed by atoms with Crippen LogP contribution in [0.1, 0.15) is 67.0 Å². The van der Waals surface area contributed by atoms with E-state index in [1.54, 1.807) is 7.11 Å². The van der Waals surface area contributed by atoms with E-state index >= 15 is 0 Å². The highest BCUT2D eigenvalue weighted by molar-refractivity contribution is 6.09. The van der Waals surface area contributed by atoms with Crippen LogP contribution in [0.2, 0.25) is 0 Å². The van der Waals surface area contributed by atoms with Gasteiger partial charge in [-0.3, -0.25) is 9.59 Å². The summed E-state index contributed by atoms with van der Waals surface area (Å²) in [6, 6.07) is 6.29. The van der Waals surface area contributed by atoms with Gasteiger partial charge >= 0.3 is 5.97 Å². The minimum Gasteiger partial charge on any atom is -0.497 e. The minimum atomic E-state index is -0.768. The van der Waals surface area contributed by atoms with Gasteiger partial charge in [0, 0.05) is 28.7 Å². The Morgan fingerprint density at radius 1 is 1.18 bits per heavy atom. The number of hydrogen-bond acceptors (Lipinski definition) is 3. The summed E-state index contributed by atoms with van der Waals surface area (Å²) >= 11 is 0. The lowest BCUT2D eigenvalue weighted by Gasteiger charge is -2.17. The summed E-state index contributed by atoms with van der Waals surface area (Å²) in [5.74, 6) is -0.498. The first kappa shape index (κ1) is 18.8. The zero-order chi connectivity index (χ0) is 19.8. The molecule has 2 atom stereocenters. The van der Waals surface area contributed by atoms with Gasteiger partial charge in [0.2, 0.25) is 0 Å². The van der Waals surface area contributed by atoms with Gasteiger partial charge in [0.05, 0.1) is 18.6 Å². The number of methoxy groups -OCH3 is 1. The largest absolute Gasteiger partial charge is 0.497 e. The van der Waals surface area contributed by atoms with Crippen molar-refractivity contribution >= 4 is 22.8 Å². The molecule has 1 heterocycles. The first-order valence-corrected chi connectivity index (χ1v) is 10.2. The normalized spacial score (nSPS) is 22.6. The first-order valence-electron chi connectivity index (χ1n) is 10.2. The Morgan fingerprint density at radius 3 is 2.57 bits per heavy atom. The van der Waals surface area contributed by atoms with E-state index in [9.17, 15) is 14.7 Å². The SMILES string of the molecule is COc1ccc2c(c1)c(C(=O)N[C@H]1CC[C@@H](C(=O)O)C1)c(C)n2C1CCCC1. The Hall–Kier alpha value is -2.50. The Bertz CT molecular complexity index is 911. The van der Waals surface area contributed by atoms with Gasteiger partial charge in [-0.25, -0.2) is 0 Å². The number of fused-ring (bicyclic) bond motifs is 1. The lowest BCUT2D eigenvalue weighted by atomic mass is 10.1. The molecule has 28 heavy (non-hydrogen) atoms. The lowest BCUT2D eigenvalue weighted by Crippen LogP contribution is -2.33. The van der Waals surface area contributed by atoms with Gasteiger partial charge in [0.25, 0.3) is 5.91 Å². The van der Waals surface area contributed by atoms with Crippen molar-refractivity contribution in [1.82, 2.24) is 9.88 Å². The summed E-state index contributed by atoms with van der Waals surface area (Å²) in [7, 11) is 1.63. The third-order valence-electron chi connectivity index (χ3n) is 6.49. The van der Waals surface area contributed by atoms with Crippen LogP contribution in [0.3, 0.4) is 0 Å². The van der Waals surface area contributed by atoms with Crippen LogP contribution in [-0.4, -0.2) is 34.7 Å². The average molecular weight is 384 g/mol. The van der Waals surface area contributed by atoms with E-state index in [2.05, 4.69) is 9.88 Å². The lowest BCUT2D eigenvalue weighted by molar-refractivity contribution is -0.141. The number of hydrogen-bond donors (Lipinski definition) is 2. The molecule has 2 saturated carbocycles. The second-order valence-electron chi connectivity index (χ2n) is 8.17. The predicted molar refractivity (Wildman–Crippen MR) is 107 cm³/mol. The van der Waals surface area contributed by atoms with Crippen molar-refractivity contribution in [3.05, 3.63) is 29.5 Å². The zero-order valence-corrected chi connectivity index (χ0v) is 16.5. The van der Waals surface area contributed by atoms with Crippen molar-refractivity contribution in [3.63, 3.8) is 0 Å². The molecule has 4 rings (SSSR count). The van der Waals surface area contributed by atoms with Gasteiger partial charge in [-0.1, -0.05) is 12.8 Å². The van der Waals surface area contributed by atoms with Crippen molar-refractivity contribution in [3.8, 4) is 5.75 Å². The standard InChI is InChI=1S/C22H28N2O4/c1-13-20(21(25)23-15-8-7-14(11-15)22(26)27)18-12-17(28-2)9-10-19(18)24(13)16-5-3-4-6-16/h9-10,12,14-16H,3-8,11H2,1-2H3,(H,23,25)(H,26,27)/t14-,15+/m1/s1. The average Bonchev–Trinajstić information content (AvgIpc) is 3.39. The summed E-state index contributed by atoms with van der Waals surface area (Å²) in [4.78, 5) is 24.4. The number of aromatic nitrogens is 1. The van der Waals surface area contributed by atoms with Gasteiger partial charge < -0.3 is 19.7 Å². The van der Waals surface area contributed by atoms with E-state index in [1.165, 1.54) is 12.8 Å². The molecule has 2 fully saturated rings. The van der Waals surface area contributed by atoms with Gasteiger partial charge in [-0.05, 0) is 57.2 Å². The summed E-state index contributed by atoms with van der Waals surface area (Å²) in [5.41, 5.74) is 2.75. The minimum absolute atomic E-state index is 0.0801. The number of nitrogens with one attached hydrogen (secondary N) is 1. The van der Waals surface area contributed by atoms with Crippen molar-refractivity contribution in [2.24, 2.45) is 5.92 Å². The molecule has 1 aromatic carbocycles. The molecule has 0 bridgehead atoms. The maximum Gasteiger partial charge on any atom is 0.306 e. The second kappa shape index (κ2) is 7.49. The Kier molecular flexibility index (Phi) is 5.04. The molecule has 0 aliphatic heterocycles. The van der Waals surface area contributed by atoms with Gasteiger partial charge in [0.1, 0.15) is 5.75 Å². The smallest absolute Gasteiger partial charge is 0.306 e. The van der Waals surface area contributed by atoms with Crippen molar-refractivity contribution in [2.75, 3.05) is 7.11 Å². The van der Waals surface area contributed by atoms with Crippen LogP contribution in [0.4, 0.5) is 0 Å². The topological polar surface area (TPSA) is 80.6 Å². The number of aliphatic carboxylic acids is 1. The quantitative estimate of drug-likeness (QED) is 0.815. The van der Waals surface area contributed by atoms with Crippen LogP contribution in [-0.2, 0) is 4.79 Å². The molecule has 2 aliphatic rings. The highest BCUT2D eigenvalue weighted by Crippen LogP contribution is 2.38. The molecule has 0 unspecified atom stereocenters. The van der Waals surface area contributed by atoms with E-state index in [1.807, 2.05) is 25.1 Å². The third kappa shape index (κ3) is 3.25. The number of carbonyl (C=O) groups is 2. The fraction of sp³-hybridized carbons (Fsp3) is 0.545. The van der Waals surface area contributed by atoms with Crippen LogP contribution in [0.15, 0.2) is 18.2 Å². The molecule has 6 nitrogen and oxygen atoms in total. The third-order valence-corrected chi connectivity index (χ3v) is 6.49. The van der Waals surface area contributed by atoms with Crippen molar-refractivity contribution < 1.29 is 19.4 Å². The van der Waals surface area contributed by atoms with E-state index in [0.29, 0.717) is 30.9 Å². The number of benzene rings is 1. The summed E-state index contributed by atoms with van der Waals surface area (Å²) < 4.78 is 7.72. The molecule has 6 heteroatoms. The maximum absolute atomic E-state index is 13.2. The van der Waals surface area contributed by atoms with Gasteiger partial charge in [-0.2, -0.15) is 0 Å². The first-order chi connectivity index (χ1) is 13.5. The molecule has 0 saturated heterocycles. The Balaban J connectivity index is 1.70. The molecule has 1 amide bonds. The number of rotatable bonds is 5. The number of amides is 1. The molecule has 2 aliphatic carbocycles. The molecule has 0 radical (unpaired) electrons. The highest BCUT2D eigenvalue weighted by atomic mass is 16.5. The van der Waals surface area contributed by atoms with Gasteiger partial charge in [-0.15, -0.1) is 0 Å². The molecule has 2 N–H and O–H groups in total. The number of carbonyl (C=O) groups excluding carboxylic acids is 1. The molecule has 0 spiro atoms. The number of carboxylic acid groups (broad SMARTS) is 1. The van der Waals surface area contributed by atoms with E-state index in [0.717, 1.165) is 35.2 Å². The monoisotopic (exact) mass is 384 g/mol. The van der Waals surface area contributed by atoms with Crippen LogP contribution in [0, 0.1) is 12.8 Å². The summed E-state index contributed by atoms with van der Waals surface area (Å²) in [6.45, 7) is 2.02. The maximum atomic E-state index is 13.2.